The van der Waals surface area contributed by atoms with E-state index in [4.69, 9.17) is 10.5 Å². The van der Waals surface area contributed by atoms with Gasteiger partial charge in [-0.3, -0.25) is 4.68 Å². The molecule has 1 heterocycles. The molecule has 96 valence electrons. The number of aryl methyl sites for hydroxylation is 1. The Morgan fingerprint density at radius 2 is 2.33 bits per heavy atom. The lowest BCUT2D eigenvalue weighted by molar-refractivity contribution is 0.212. The average Bonchev–Trinajstić information content (AvgIpc) is 2.75. The van der Waals surface area contributed by atoms with Gasteiger partial charge in [0.15, 0.2) is 0 Å². The van der Waals surface area contributed by atoms with E-state index in [-0.39, 0.29) is 11.9 Å². The topological polar surface area (TPSA) is 53.1 Å². The first-order valence-corrected chi connectivity index (χ1v) is 6.19. The smallest absolute Gasteiger partial charge is 0.139 e. The quantitative estimate of drug-likeness (QED) is 0.943. The molecule has 1 aromatic heterocycles. The molecule has 0 spiro atoms. The average molecular weight is 314 g/mol. The number of halogens is 2. The first-order chi connectivity index (χ1) is 8.60. The molecule has 0 fully saturated rings. The van der Waals surface area contributed by atoms with Gasteiger partial charge in [0.2, 0.25) is 0 Å². The lowest BCUT2D eigenvalue weighted by atomic mass is 10.2. The number of ether oxygens (including phenoxy) is 1. The van der Waals surface area contributed by atoms with Crippen LogP contribution in [0.4, 0.5) is 4.39 Å². The van der Waals surface area contributed by atoms with E-state index in [1.165, 1.54) is 12.1 Å². The Morgan fingerprint density at radius 3 is 2.89 bits per heavy atom. The van der Waals surface area contributed by atoms with E-state index >= 15 is 0 Å². The Morgan fingerprint density at radius 1 is 1.56 bits per heavy atom. The SMILES string of the molecule is Cn1cc(C(CN)Oc2ccc(F)cc2Br)cn1. The van der Waals surface area contributed by atoms with Gasteiger partial charge in [0.1, 0.15) is 17.7 Å². The maximum Gasteiger partial charge on any atom is 0.139 e. The second-order valence-electron chi connectivity index (χ2n) is 3.86. The number of rotatable bonds is 4. The fourth-order valence-electron chi connectivity index (χ4n) is 1.58. The molecule has 0 bridgehead atoms. The van der Waals surface area contributed by atoms with Crippen LogP contribution in [0, 0.1) is 5.82 Å². The van der Waals surface area contributed by atoms with Crippen LogP contribution in [0.3, 0.4) is 0 Å². The van der Waals surface area contributed by atoms with Crippen LogP contribution in [0.2, 0.25) is 0 Å². The van der Waals surface area contributed by atoms with Crippen LogP contribution in [-0.4, -0.2) is 16.3 Å². The first kappa shape index (κ1) is 13.0. The summed E-state index contributed by atoms with van der Waals surface area (Å²) in [7, 11) is 1.82. The summed E-state index contributed by atoms with van der Waals surface area (Å²) >= 11 is 3.26. The minimum atomic E-state index is -0.320. The van der Waals surface area contributed by atoms with E-state index in [1.54, 1.807) is 16.9 Å². The molecule has 6 heteroatoms. The van der Waals surface area contributed by atoms with Crippen LogP contribution in [-0.2, 0) is 7.05 Å². The van der Waals surface area contributed by atoms with E-state index in [0.717, 1.165) is 5.56 Å². The summed E-state index contributed by atoms with van der Waals surface area (Å²) < 4.78 is 21.0. The van der Waals surface area contributed by atoms with Crippen molar-refractivity contribution in [2.45, 2.75) is 6.10 Å². The van der Waals surface area contributed by atoms with E-state index in [9.17, 15) is 4.39 Å². The van der Waals surface area contributed by atoms with Crippen molar-refractivity contribution in [2.75, 3.05) is 6.54 Å². The van der Waals surface area contributed by atoms with Crippen molar-refractivity contribution in [3.8, 4) is 5.75 Å². The van der Waals surface area contributed by atoms with Crippen molar-refractivity contribution in [2.24, 2.45) is 12.8 Å². The summed E-state index contributed by atoms with van der Waals surface area (Å²) in [6, 6.07) is 4.27. The molecule has 18 heavy (non-hydrogen) atoms. The maximum atomic E-state index is 13.0. The molecular formula is C12H13BrFN3O. The van der Waals surface area contributed by atoms with Crippen LogP contribution in [0.25, 0.3) is 0 Å². The normalized spacial score (nSPS) is 12.4. The summed E-state index contributed by atoms with van der Waals surface area (Å²) in [5.41, 5.74) is 6.58. The molecule has 2 N–H and O–H groups in total. The fraction of sp³-hybridized carbons (Fsp3) is 0.250. The lowest BCUT2D eigenvalue weighted by Gasteiger charge is -2.17. The molecule has 0 saturated carbocycles. The molecule has 1 unspecified atom stereocenters. The van der Waals surface area contributed by atoms with Gasteiger partial charge >= 0.3 is 0 Å². The van der Waals surface area contributed by atoms with Crippen LogP contribution in [0.1, 0.15) is 11.7 Å². The van der Waals surface area contributed by atoms with E-state index in [1.807, 2.05) is 13.2 Å². The highest BCUT2D eigenvalue weighted by atomic mass is 79.9. The predicted octanol–water partition coefficient (Wildman–Crippen LogP) is 2.40. The third-order valence-electron chi connectivity index (χ3n) is 2.47. The monoisotopic (exact) mass is 313 g/mol. The molecule has 1 aromatic carbocycles. The maximum absolute atomic E-state index is 13.0. The number of aromatic nitrogens is 2. The summed E-state index contributed by atoms with van der Waals surface area (Å²) in [6.07, 6.45) is 3.24. The molecule has 0 saturated heterocycles. The highest BCUT2D eigenvalue weighted by Crippen LogP contribution is 2.29. The molecule has 0 aliphatic carbocycles. The zero-order valence-corrected chi connectivity index (χ0v) is 11.4. The highest BCUT2D eigenvalue weighted by Gasteiger charge is 2.15. The molecule has 1 atom stereocenters. The molecule has 0 aliphatic rings. The predicted molar refractivity (Wildman–Crippen MR) is 69.7 cm³/mol. The molecule has 0 amide bonds. The van der Waals surface area contributed by atoms with Gasteiger partial charge in [-0.2, -0.15) is 5.10 Å². The van der Waals surface area contributed by atoms with Gasteiger partial charge in [-0.05, 0) is 34.1 Å². The first-order valence-electron chi connectivity index (χ1n) is 5.40. The van der Waals surface area contributed by atoms with Crippen molar-refractivity contribution < 1.29 is 9.13 Å². The van der Waals surface area contributed by atoms with E-state index < -0.39 is 0 Å². The Bertz CT molecular complexity index is 544. The van der Waals surface area contributed by atoms with Gasteiger partial charge < -0.3 is 10.5 Å². The van der Waals surface area contributed by atoms with Crippen molar-refractivity contribution in [3.05, 3.63) is 46.4 Å². The fourth-order valence-corrected chi connectivity index (χ4v) is 2.03. The summed E-state index contributed by atoms with van der Waals surface area (Å²) in [5, 5.41) is 4.07. The number of benzene rings is 1. The van der Waals surface area contributed by atoms with E-state index in [2.05, 4.69) is 21.0 Å². The summed E-state index contributed by atoms with van der Waals surface area (Å²) in [6.45, 7) is 0.315. The van der Waals surface area contributed by atoms with Gasteiger partial charge in [-0.25, -0.2) is 4.39 Å². The molecule has 0 aliphatic heterocycles. The van der Waals surface area contributed by atoms with Gasteiger partial charge in [-0.15, -0.1) is 0 Å². The van der Waals surface area contributed by atoms with Crippen LogP contribution >= 0.6 is 15.9 Å². The minimum Gasteiger partial charge on any atom is -0.483 e. The van der Waals surface area contributed by atoms with E-state index in [0.29, 0.717) is 16.8 Å². The molecule has 2 rings (SSSR count). The Kier molecular flexibility index (Phi) is 3.98. The number of nitrogens with zero attached hydrogens (tertiary/aromatic N) is 2. The Hall–Kier alpha value is -1.40. The van der Waals surface area contributed by atoms with Crippen LogP contribution in [0.5, 0.6) is 5.75 Å². The standard InChI is InChI=1S/C12H13BrFN3O/c1-17-7-8(6-16-17)12(5-15)18-11-3-2-9(14)4-10(11)13/h2-4,6-7,12H,5,15H2,1H3. The second-order valence-corrected chi connectivity index (χ2v) is 4.72. The number of hydrogen-bond donors (Lipinski definition) is 1. The highest BCUT2D eigenvalue weighted by molar-refractivity contribution is 9.10. The Labute approximate surface area is 113 Å². The van der Waals surface area contributed by atoms with Gasteiger partial charge in [-0.1, -0.05) is 0 Å². The van der Waals surface area contributed by atoms with Crippen LogP contribution in [0.15, 0.2) is 35.1 Å². The van der Waals surface area contributed by atoms with Crippen LogP contribution < -0.4 is 10.5 Å². The second kappa shape index (κ2) is 5.49. The lowest BCUT2D eigenvalue weighted by Crippen LogP contribution is -2.18. The molecule has 0 radical (unpaired) electrons. The number of nitrogens with two attached hydrogens (primary N) is 1. The third-order valence-corrected chi connectivity index (χ3v) is 3.09. The minimum absolute atomic E-state index is 0.305. The van der Waals surface area contributed by atoms with Gasteiger partial charge in [0.05, 0.1) is 10.7 Å². The largest absolute Gasteiger partial charge is 0.483 e. The summed E-state index contributed by atoms with van der Waals surface area (Å²) in [4.78, 5) is 0. The van der Waals surface area contributed by atoms with Crippen molar-refractivity contribution in [1.82, 2.24) is 9.78 Å². The zero-order valence-electron chi connectivity index (χ0n) is 9.81. The van der Waals surface area contributed by atoms with Crippen molar-refractivity contribution >= 4 is 15.9 Å². The van der Waals surface area contributed by atoms with Gasteiger partial charge in [0, 0.05) is 25.4 Å². The Balaban J connectivity index is 2.20. The van der Waals surface area contributed by atoms with Gasteiger partial charge in [0.25, 0.3) is 0 Å². The molecule has 2 aromatic rings. The van der Waals surface area contributed by atoms with Crippen molar-refractivity contribution in [1.29, 1.82) is 0 Å². The molecule has 4 nitrogen and oxygen atoms in total. The third kappa shape index (κ3) is 2.88. The molecular weight excluding hydrogens is 301 g/mol. The van der Waals surface area contributed by atoms with Crippen molar-refractivity contribution in [3.63, 3.8) is 0 Å². The number of hydrogen-bond acceptors (Lipinski definition) is 3. The summed E-state index contributed by atoms with van der Waals surface area (Å²) in [5.74, 6) is 0.232. The zero-order chi connectivity index (χ0) is 13.1.